The monoisotopic (exact) mass is 1210 g/mol. The van der Waals surface area contributed by atoms with Gasteiger partial charge in [0.25, 0.3) is 0 Å². The molecule has 0 spiro atoms. The first-order valence-corrected chi connectivity index (χ1v) is 18.3. The van der Waals surface area contributed by atoms with Gasteiger partial charge in [-0.25, -0.2) is 0 Å². The van der Waals surface area contributed by atoms with Crippen molar-refractivity contribution < 1.29 is 0 Å². The van der Waals surface area contributed by atoms with Crippen molar-refractivity contribution in [3.05, 3.63) is 144 Å². The zero-order valence-electron chi connectivity index (χ0n) is 33.0. The largest absolute Gasteiger partial charge is 0.370 e. The molecular weight excluding hydrogens is 1150 g/mol. The third-order valence-electron chi connectivity index (χ3n) is 8.50. The SMILES string of the molecule is Br.Br.Br.Br.Br.Br.C.NC(=NCCCNCCCNCCCN=C(N)NC(N)=NCC(c1ccccc1)c1ccccc1)NC(N)=NCC(c1ccccc1)c1ccccc1. The molecule has 0 fully saturated rings. The van der Waals surface area contributed by atoms with Gasteiger partial charge in [-0.2, -0.15) is 0 Å². The fraction of sp³-hybridized carbons (Fsp3) is 0.333. The molecule has 0 atom stereocenters. The highest BCUT2D eigenvalue weighted by molar-refractivity contribution is 8.93. The van der Waals surface area contributed by atoms with Crippen LogP contribution in [0.1, 0.15) is 60.8 Å². The maximum Gasteiger partial charge on any atom is 0.195 e. The van der Waals surface area contributed by atoms with Crippen LogP contribution in [0, 0.1) is 0 Å². The highest BCUT2D eigenvalue weighted by Gasteiger charge is 2.15. The van der Waals surface area contributed by atoms with Gasteiger partial charge in [0, 0.05) is 24.9 Å². The zero-order valence-corrected chi connectivity index (χ0v) is 43.3. The second-order valence-electron chi connectivity index (χ2n) is 12.5. The van der Waals surface area contributed by atoms with E-state index < -0.39 is 0 Å². The van der Waals surface area contributed by atoms with Gasteiger partial charge in [-0.05, 0) is 67.7 Å². The van der Waals surface area contributed by atoms with E-state index in [0.29, 0.717) is 26.2 Å². The number of hydrogen-bond acceptors (Lipinski definition) is 6. The quantitative estimate of drug-likeness (QED) is 0.0252. The normalized spacial score (nSPS) is 11.2. The van der Waals surface area contributed by atoms with Crippen molar-refractivity contribution in [1.82, 2.24) is 21.3 Å². The lowest BCUT2D eigenvalue weighted by atomic mass is 9.91. The Bertz CT molecular complexity index is 1520. The number of nitrogens with zero attached hydrogens (tertiary/aromatic N) is 4. The van der Waals surface area contributed by atoms with E-state index in [0.717, 1.165) is 45.4 Å². The van der Waals surface area contributed by atoms with E-state index in [-0.39, 0.29) is 145 Å². The van der Waals surface area contributed by atoms with E-state index in [2.05, 4.69) is 89.8 Å². The molecule has 12 N–H and O–H groups in total. The van der Waals surface area contributed by atoms with Crippen LogP contribution in [0.4, 0.5) is 0 Å². The molecule has 0 radical (unpaired) electrons. The van der Waals surface area contributed by atoms with E-state index in [1.807, 2.05) is 72.8 Å². The Balaban J connectivity index is -0.00000224. The van der Waals surface area contributed by atoms with E-state index >= 15 is 0 Å². The number of hydrogen-bond donors (Lipinski definition) is 8. The Morgan fingerprint density at radius 3 is 0.917 bits per heavy atom. The molecule has 12 nitrogen and oxygen atoms in total. The second kappa shape index (κ2) is 39.0. The fourth-order valence-corrected chi connectivity index (χ4v) is 5.74. The van der Waals surface area contributed by atoms with Crippen LogP contribution in [0.15, 0.2) is 141 Å². The number of nitrogens with two attached hydrogens (primary N) is 4. The Morgan fingerprint density at radius 1 is 0.383 bits per heavy atom. The summed E-state index contributed by atoms with van der Waals surface area (Å²) in [4.78, 5) is 17.9. The molecule has 0 aliphatic rings. The average Bonchev–Trinajstić information content (AvgIpc) is 3.18. The van der Waals surface area contributed by atoms with Crippen LogP contribution in [-0.4, -0.2) is 76.2 Å². The first kappa shape index (κ1) is 63.8. The van der Waals surface area contributed by atoms with Crippen molar-refractivity contribution in [1.29, 1.82) is 0 Å². The second-order valence-corrected chi connectivity index (χ2v) is 12.5. The third kappa shape index (κ3) is 25.8. The summed E-state index contributed by atoms with van der Waals surface area (Å²) in [5.41, 5.74) is 29.1. The molecule has 60 heavy (non-hydrogen) atoms. The highest BCUT2D eigenvalue weighted by Crippen LogP contribution is 2.25. The summed E-state index contributed by atoms with van der Waals surface area (Å²) >= 11 is 0. The highest BCUT2D eigenvalue weighted by atomic mass is 79.9. The van der Waals surface area contributed by atoms with Crippen LogP contribution in [0.3, 0.4) is 0 Å². The molecule has 18 heteroatoms. The summed E-state index contributed by atoms with van der Waals surface area (Å²) in [6.07, 6.45) is 2.74. The number of guanidine groups is 4. The van der Waals surface area contributed by atoms with Gasteiger partial charge in [0.05, 0.1) is 13.1 Å². The molecule has 4 aromatic rings. The predicted molar refractivity (Wildman–Crippen MR) is 290 cm³/mol. The van der Waals surface area contributed by atoms with E-state index in [9.17, 15) is 0 Å². The lowest BCUT2D eigenvalue weighted by Crippen LogP contribution is -2.42. The van der Waals surface area contributed by atoms with Crippen molar-refractivity contribution in [3.8, 4) is 0 Å². The Morgan fingerprint density at radius 2 is 0.633 bits per heavy atom. The molecule has 4 aromatic carbocycles. The summed E-state index contributed by atoms with van der Waals surface area (Å²) in [5.74, 6) is 1.22. The van der Waals surface area contributed by atoms with Crippen molar-refractivity contribution in [3.63, 3.8) is 0 Å². The smallest absolute Gasteiger partial charge is 0.195 e. The summed E-state index contributed by atoms with van der Waals surface area (Å²) in [6.45, 7) is 5.70. The van der Waals surface area contributed by atoms with Crippen LogP contribution in [0.5, 0.6) is 0 Å². The summed E-state index contributed by atoms with van der Waals surface area (Å²) < 4.78 is 0. The minimum atomic E-state index is 0. The molecule has 4 rings (SSSR count). The molecule has 0 amide bonds. The summed E-state index contributed by atoms with van der Waals surface area (Å²) in [7, 11) is 0. The summed E-state index contributed by atoms with van der Waals surface area (Å²) in [5, 5.41) is 12.7. The molecular formula is C42H66Br6N12. The lowest BCUT2D eigenvalue weighted by Gasteiger charge is -2.16. The van der Waals surface area contributed by atoms with Crippen LogP contribution in [0.2, 0.25) is 0 Å². The van der Waals surface area contributed by atoms with Gasteiger partial charge in [-0.15, -0.1) is 102 Å². The zero-order chi connectivity index (χ0) is 37.4. The van der Waals surface area contributed by atoms with Gasteiger partial charge in [-0.3, -0.25) is 30.6 Å². The Kier molecular flexibility index (Phi) is 41.5. The molecule has 0 aliphatic carbocycles. The number of halogens is 6. The molecule has 0 unspecified atom stereocenters. The molecule has 0 saturated heterocycles. The maximum atomic E-state index is 6.13. The topological polar surface area (TPSA) is 202 Å². The molecule has 0 aliphatic heterocycles. The van der Waals surface area contributed by atoms with Crippen LogP contribution in [-0.2, 0) is 0 Å². The van der Waals surface area contributed by atoms with Gasteiger partial charge >= 0.3 is 0 Å². The van der Waals surface area contributed by atoms with Gasteiger partial charge in [0.2, 0.25) is 0 Å². The van der Waals surface area contributed by atoms with Crippen molar-refractivity contribution in [2.45, 2.75) is 38.5 Å². The average molecular weight is 1220 g/mol. The first-order valence-electron chi connectivity index (χ1n) is 18.3. The first-order chi connectivity index (χ1) is 26.0. The minimum absolute atomic E-state index is 0. The van der Waals surface area contributed by atoms with Gasteiger partial charge in [-0.1, -0.05) is 129 Å². The van der Waals surface area contributed by atoms with Gasteiger partial charge < -0.3 is 33.6 Å². The number of nitrogens with one attached hydrogen (secondary N) is 4. The van der Waals surface area contributed by atoms with Crippen molar-refractivity contribution in [2.24, 2.45) is 42.9 Å². The third-order valence-corrected chi connectivity index (χ3v) is 8.50. The van der Waals surface area contributed by atoms with Crippen molar-refractivity contribution >= 4 is 126 Å². The van der Waals surface area contributed by atoms with E-state index in [1.54, 1.807) is 0 Å². The maximum absolute atomic E-state index is 6.13. The Labute approximate surface area is 420 Å². The number of rotatable bonds is 20. The van der Waals surface area contributed by atoms with Crippen LogP contribution in [0.25, 0.3) is 0 Å². The minimum Gasteiger partial charge on any atom is -0.370 e. The van der Waals surface area contributed by atoms with Crippen LogP contribution < -0.4 is 44.2 Å². The number of benzene rings is 4. The predicted octanol–water partition coefficient (Wildman–Crippen LogP) is 7.54. The van der Waals surface area contributed by atoms with Gasteiger partial charge in [0.1, 0.15) is 0 Å². The molecule has 0 bridgehead atoms. The molecule has 336 valence electrons. The van der Waals surface area contributed by atoms with Crippen molar-refractivity contribution in [2.75, 3.05) is 52.4 Å². The van der Waals surface area contributed by atoms with Crippen LogP contribution >= 0.6 is 102 Å². The summed E-state index contributed by atoms with van der Waals surface area (Å²) in [6, 6.07) is 41.2. The van der Waals surface area contributed by atoms with Gasteiger partial charge in [0.15, 0.2) is 23.8 Å². The molecule has 0 saturated carbocycles. The number of aliphatic imine (C=N–C) groups is 4. The van der Waals surface area contributed by atoms with E-state index in [4.69, 9.17) is 22.9 Å². The lowest BCUT2D eigenvalue weighted by molar-refractivity contribution is 0.579. The molecule has 0 aromatic heterocycles. The van der Waals surface area contributed by atoms with E-state index in [1.165, 1.54) is 22.3 Å². The molecule has 0 heterocycles. The Hall–Kier alpha value is -2.84. The fourth-order valence-electron chi connectivity index (χ4n) is 5.74. The standard InChI is InChI=1S/C41H56N12.CH4.6BrH/c42-38(52-40(44)50-30-36(32-16-5-1-6-17-32)33-18-7-2-8-19-33)48-28-14-26-46-24-13-25-47-27-15-29-49-39(43)53-41(45)51-31-37(34-20-9-3-10-21-34)35-22-11-4-12-23-35;;;;;;;/h1-12,16-23,36-37,46-47H,13-15,24-31H2,(H5,42,44,48,50,52)(H5,43,45,49,51,53);1H4;6*1H.